The molecule has 3 nitrogen and oxygen atoms in total. The molecule has 3 heteroatoms. The lowest BCUT2D eigenvalue weighted by atomic mass is 9.73. The molecule has 1 aliphatic rings. The number of hydrogen-bond donors (Lipinski definition) is 0. The molecule has 4 rings (SSSR count). The first-order valence-electron chi connectivity index (χ1n) is 10.7. The summed E-state index contributed by atoms with van der Waals surface area (Å²) >= 11 is 0. The Kier molecular flexibility index (Phi) is 6.13. The molecule has 0 heterocycles. The zero-order valence-electron chi connectivity index (χ0n) is 17.9. The third kappa shape index (κ3) is 4.51. The molecule has 3 aromatic rings. The Morgan fingerprint density at radius 2 is 1.58 bits per heavy atom. The first-order chi connectivity index (χ1) is 15.1. The van der Waals surface area contributed by atoms with Crippen molar-refractivity contribution < 1.29 is 14.3 Å². The fourth-order valence-electron chi connectivity index (χ4n) is 4.31. The first kappa shape index (κ1) is 20.8. The first-order valence-corrected chi connectivity index (χ1v) is 10.7. The smallest absolute Gasteiger partial charge is 0.317 e. The molecule has 0 saturated heterocycles. The Morgan fingerprint density at radius 3 is 2.26 bits per heavy atom. The highest BCUT2D eigenvalue weighted by Gasteiger charge is 2.39. The predicted molar refractivity (Wildman–Crippen MR) is 124 cm³/mol. The molecule has 0 aromatic heterocycles. The van der Waals surface area contributed by atoms with E-state index in [1.54, 1.807) is 13.0 Å². The summed E-state index contributed by atoms with van der Waals surface area (Å²) in [6.45, 7) is 4.05. The van der Waals surface area contributed by atoms with Gasteiger partial charge in [-0.2, -0.15) is 0 Å². The van der Waals surface area contributed by atoms with Crippen molar-refractivity contribution in [2.75, 3.05) is 6.61 Å². The van der Waals surface area contributed by atoms with E-state index >= 15 is 0 Å². The van der Waals surface area contributed by atoms with Gasteiger partial charge in [-0.05, 0) is 54.2 Å². The summed E-state index contributed by atoms with van der Waals surface area (Å²) in [5.74, 6) is -1.65. The zero-order chi connectivity index (χ0) is 21.8. The molecule has 0 bridgehead atoms. The van der Waals surface area contributed by atoms with Crippen LogP contribution in [0, 0.1) is 12.8 Å². The molecule has 3 aromatic carbocycles. The molecule has 0 radical (unpaired) electrons. The third-order valence-corrected chi connectivity index (χ3v) is 5.84. The zero-order valence-corrected chi connectivity index (χ0v) is 17.9. The molecule has 156 valence electrons. The summed E-state index contributed by atoms with van der Waals surface area (Å²) in [7, 11) is 0. The van der Waals surface area contributed by atoms with Gasteiger partial charge in [-0.1, -0.05) is 84.4 Å². The summed E-state index contributed by atoms with van der Waals surface area (Å²) in [5.41, 5.74) is 6.35. The summed E-state index contributed by atoms with van der Waals surface area (Å²) in [5, 5.41) is 0. The summed E-state index contributed by atoms with van der Waals surface area (Å²) in [4.78, 5) is 25.7. The number of rotatable bonds is 5. The molecule has 0 spiro atoms. The van der Waals surface area contributed by atoms with E-state index in [0.717, 1.165) is 33.4 Å². The van der Waals surface area contributed by atoms with Crippen LogP contribution in [0.1, 0.15) is 36.0 Å². The molecule has 2 atom stereocenters. The second-order valence-electron chi connectivity index (χ2n) is 7.97. The van der Waals surface area contributed by atoms with Gasteiger partial charge >= 0.3 is 5.97 Å². The Balaban J connectivity index is 1.68. The van der Waals surface area contributed by atoms with Gasteiger partial charge in [-0.25, -0.2) is 0 Å². The fourth-order valence-corrected chi connectivity index (χ4v) is 4.31. The normalized spacial score (nSPS) is 18.4. The molecular weight excluding hydrogens is 384 g/mol. The molecule has 0 amide bonds. The number of ether oxygens (including phenoxy) is 1. The van der Waals surface area contributed by atoms with Crippen LogP contribution in [-0.4, -0.2) is 18.4 Å². The van der Waals surface area contributed by atoms with E-state index < -0.39 is 11.9 Å². The lowest BCUT2D eigenvalue weighted by Gasteiger charge is -2.29. The fraction of sp³-hybridized carbons (Fsp3) is 0.214. The van der Waals surface area contributed by atoms with Crippen LogP contribution in [0.5, 0.6) is 0 Å². The molecule has 31 heavy (non-hydrogen) atoms. The number of esters is 1. The van der Waals surface area contributed by atoms with Gasteiger partial charge in [0.25, 0.3) is 0 Å². The quantitative estimate of drug-likeness (QED) is 0.384. The van der Waals surface area contributed by atoms with Crippen molar-refractivity contribution in [2.45, 2.75) is 26.2 Å². The Morgan fingerprint density at radius 1 is 0.903 bits per heavy atom. The van der Waals surface area contributed by atoms with Crippen molar-refractivity contribution >= 4 is 17.3 Å². The van der Waals surface area contributed by atoms with Crippen molar-refractivity contribution in [1.82, 2.24) is 0 Å². The van der Waals surface area contributed by atoms with Gasteiger partial charge in [0, 0.05) is 5.92 Å². The number of carbonyl (C=O) groups is 2. The second kappa shape index (κ2) is 9.13. The van der Waals surface area contributed by atoms with Gasteiger partial charge in [-0.15, -0.1) is 0 Å². The number of allylic oxidation sites excluding steroid dienone is 2. The van der Waals surface area contributed by atoms with Crippen LogP contribution in [0.3, 0.4) is 0 Å². The number of hydrogen-bond acceptors (Lipinski definition) is 3. The van der Waals surface area contributed by atoms with Crippen molar-refractivity contribution in [1.29, 1.82) is 0 Å². The van der Waals surface area contributed by atoms with E-state index in [-0.39, 0.29) is 18.3 Å². The summed E-state index contributed by atoms with van der Waals surface area (Å²) < 4.78 is 5.25. The average Bonchev–Trinajstić information content (AvgIpc) is 2.79. The van der Waals surface area contributed by atoms with Crippen LogP contribution in [-0.2, 0) is 14.3 Å². The lowest BCUT2D eigenvalue weighted by molar-refractivity contribution is -0.151. The van der Waals surface area contributed by atoms with E-state index in [2.05, 4.69) is 42.5 Å². The third-order valence-electron chi connectivity index (χ3n) is 5.84. The number of carbonyl (C=O) groups excluding carboxylic acids is 2. The topological polar surface area (TPSA) is 43.4 Å². The minimum Gasteiger partial charge on any atom is -0.465 e. The SMILES string of the molecule is CCOC(=O)C1C(=O)C=C(c2ccc(-c3ccccc3)cc2)CC1c1cccc(C)c1. The Hall–Kier alpha value is -3.46. The van der Waals surface area contributed by atoms with Crippen LogP contribution in [0.4, 0.5) is 0 Å². The maximum absolute atomic E-state index is 13.1. The average molecular weight is 411 g/mol. The Labute approximate surface area is 183 Å². The van der Waals surface area contributed by atoms with Crippen molar-refractivity contribution in [3.05, 3.63) is 102 Å². The molecule has 2 unspecified atom stereocenters. The number of ketones is 1. The van der Waals surface area contributed by atoms with Crippen LogP contribution in [0.25, 0.3) is 16.7 Å². The van der Waals surface area contributed by atoms with E-state index in [4.69, 9.17) is 4.74 Å². The van der Waals surface area contributed by atoms with E-state index in [0.29, 0.717) is 6.42 Å². The van der Waals surface area contributed by atoms with Crippen LogP contribution in [0.15, 0.2) is 84.9 Å². The van der Waals surface area contributed by atoms with Gasteiger partial charge in [0.05, 0.1) is 6.61 Å². The monoisotopic (exact) mass is 410 g/mol. The summed E-state index contributed by atoms with van der Waals surface area (Å²) in [6, 6.07) is 26.5. The van der Waals surface area contributed by atoms with Crippen LogP contribution < -0.4 is 0 Å². The predicted octanol–water partition coefficient (Wildman–Crippen LogP) is 5.98. The van der Waals surface area contributed by atoms with Gasteiger partial charge in [0.15, 0.2) is 5.78 Å². The minimum absolute atomic E-state index is 0.182. The largest absolute Gasteiger partial charge is 0.465 e. The standard InChI is InChI=1S/C28H26O3/c1-3-31-28(30)27-25(23-11-7-8-19(2)16-23)17-24(18-26(27)29)22-14-12-21(13-15-22)20-9-5-4-6-10-20/h4-16,18,25,27H,3,17H2,1-2H3. The maximum Gasteiger partial charge on any atom is 0.317 e. The van der Waals surface area contributed by atoms with E-state index in [9.17, 15) is 9.59 Å². The molecule has 0 fully saturated rings. The van der Waals surface area contributed by atoms with Crippen LogP contribution in [0.2, 0.25) is 0 Å². The number of benzene rings is 3. The summed E-state index contributed by atoms with van der Waals surface area (Å²) in [6.07, 6.45) is 2.24. The second-order valence-corrected chi connectivity index (χ2v) is 7.97. The highest BCUT2D eigenvalue weighted by molar-refractivity contribution is 6.10. The van der Waals surface area contributed by atoms with Gasteiger partial charge in [0.2, 0.25) is 0 Å². The highest BCUT2D eigenvalue weighted by Crippen LogP contribution is 2.40. The number of aryl methyl sites for hydroxylation is 1. The maximum atomic E-state index is 13.1. The van der Waals surface area contributed by atoms with Crippen molar-refractivity contribution in [3.8, 4) is 11.1 Å². The van der Waals surface area contributed by atoms with Crippen LogP contribution >= 0.6 is 0 Å². The molecule has 0 saturated carbocycles. The van der Waals surface area contributed by atoms with Gasteiger partial charge < -0.3 is 4.74 Å². The molecule has 0 aliphatic heterocycles. The van der Waals surface area contributed by atoms with Crippen molar-refractivity contribution in [2.24, 2.45) is 5.92 Å². The minimum atomic E-state index is -0.797. The molecular formula is C28H26O3. The van der Waals surface area contributed by atoms with Gasteiger partial charge in [0.1, 0.15) is 5.92 Å². The van der Waals surface area contributed by atoms with Crippen molar-refractivity contribution in [3.63, 3.8) is 0 Å². The highest BCUT2D eigenvalue weighted by atomic mass is 16.5. The molecule has 0 N–H and O–H groups in total. The lowest BCUT2D eigenvalue weighted by Crippen LogP contribution is -2.34. The van der Waals surface area contributed by atoms with E-state index in [1.165, 1.54) is 0 Å². The Bertz CT molecular complexity index is 1110. The molecule has 1 aliphatic carbocycles. The van der Waals surface area contributed by atoms with Gasteiger partial charge in [-0.3, -0.25) is 9.59 Å². The van der Waals surface area contributed by atoms with E-state index in [1.807, 2.05) is 43.3 Å².